The summed E-state index contributed by atoms with van der Waals surface area (Å²) in [5, 5.41) is 0. The van der Waals surface area contributed by atoms with E-state index >= 15 is 0 Å². The Balaban J connectivity index is 2.03. The molecular weight excluding hydrogens is 323 g/mol. The Hall–Kier alpha value is -2.89. The Labute approximate surface area is 145 Å². The van der Waals surface area contributed by atoms with Crippen molar-refractivity contribution in [2.75, 3.05) is 4.90 Å². The average molecular weight is 342 g/mol. The van der Waals surface area contributed by atoms with E-state index in [0.29, 0.717) is 11.5 Å². The van der Waals surface area contributed by atoms with Crippen molar-refractivity contribution < 1.29 is 18.7 Å². The first-order chi connectivity index (χ1) is 12.0. The fourth-order valence-corrected chi connectivity index (χ4v) is 2.90. The predicted molar refractivity (Wildman–Crippen MR) is 92.0 cm³/mol. The predicted octanol–water partition coefficient (Wildman–Crippen LogP) is 3.73. The Morgan fingerprint density at radius 1 is 1.16 bits per heavy atom. The molecule has 2 N–H and O–H groups in total. The Bertz CT molecular complexity index is 791. The van der Waals surface area contributed by atoms with Crippen LogP contribution in [0.5, 0.6) is 5.75 Å². The molecular formula is C19H19FN2O3. The summed E-state index contributed by atoms with van der Waals surface area (Å²) in [5.41, 5.74) is 5.52. The molecule has 1 aliphatic rings. The fraction of sp³-hybridized carbons (Fsp3) is 0.263. The second-order valence-electron chi connectivity index (χ2n) is 6.13. The van der Waals surface area contributed by atoms with Crippen LogP contribution < -0.4 is 15.4 Å². The average Bonchev–Trinajstić information content (AvgIpc) is 3.43. The SMILES string of the molecule is CC(C1CC1)N(C(=O)c1ccccc1)c1cccc(OC(N)=O)c1F. The lowest BCUT2D eigenvalue weighted by Crippen LogP contribution is -2.40. The second kappa shape index (κ2) is 6.93. The molecule has 2 amide bonds. The summed E-state index contributed by atoms with van der Waals surface area (Å²) >= 11 is 0. The van der Waals surface area contributed by atoms with Crippen molar-refractivity contribution >= 4 is 17.7 Å². The molecule has 25 heavy (non-hydrogen) atoms. The van der Waals surface area contributed by atoms with E-state index in [9.17, 15) is 14.0 Å². The number of carbonyl (C=O) groups is 2. The zero-order chi connectivity index (χ0) is 18.0. The van der Waals surface area contributed by atoms with Crippen molar-refractivity contribution in [1.29, 1.82) is 0 Å². The molecule has 0 radical (unpaired) electrons. The van der Waals surface area contributed by atoms with Crippen LogP contribution in [-0.2, 0) is 0 Å². The monoisotopic (exact) mass is 342 g/mol. The van der Waals surface area contributed by atoms with E-state index in [4.69, 9.17) is 10.5 Å². The van der Waals surface area contributed by atoms with Crippen molar-refractivity contribution in [2.24, 2.45) is 11.7 Å². The van der Waals surface area contributed by atoms with Crippen molar-refractivity contribution in [3.05, 3.63) is 59.9 Å². The van der Waals surface area contributed by atoms with Gasteiger partial charge in [0.05, 0.1) is 5.69 Å². The van der Waals surface area contributed by atoms with Gasteiger partial charge in [-0.05, 0) is 49.9 Å². The molecule has 0 saturated heterocycles. The summed E-state index contributed by atoms with van der Waals surface area (Å²) in [5.74, 6) is -1.04. The van der Waals surface area contributed by atoms with Gasteiger partial charge in [-0.3, -0.25) is 4.79 Å². The van der Waals surface area contributed by atoms with Gasteiger partial charge in [-0.25, -0.2) is 9.18 Å². The molecule has 5 nitrogen and oxygen atoms in total. The first kappa shape index (κ1) is 17.0. The maximum absolute atomic E-state index is 14.9. The number of rotatable bonds is 5. The minimum absolute atomic E-state index is 0.0759. The molecule has 130 valence electrons. The molecule has 0 aliphatic heterocycles. The fourth-order valence-electron chi connectivity index (χ4n) is 2.90. The van der Waals surface area contributed by atoms with Crippen LogP contribution in [0.15, 0.2) is 48.5 Å². The number of nitrogens with zero attached hydrogens (tertiary/aromatic N) is 1. The highest BCUT2D eigenvalue weighted by molar-refractivity contribution is 6.06. The quantitative estimate of drug-likeness (QED) is 0.900. The van der Waals surface area contributed by atoms with Crippen molar-refractivity contribution in [3.8, 4) is 5.75 Å². The Kier molecular flexibility index (Phi) is 4.70. The molecule has 0 aromatic heterocycles. The van der Waals surface area contributed by atoms with E-state index in [2.05, 4.69) is 0 Å². The molecule has 0 spiro atoms. The van der Waals surface area contributed by atoms with Gasteiger partial charge in [0.2, 0.25) is 0 Å². The van der Waals surface area contributed by atoms with Gasteiger partial charge in [-0.1, -0.05) is 24.3 Å². The molecule has 1 unspecified atom stereocenters. The van der Waals surface area contributed by atoms with Gasteiger partial charge in [0.1, 0.15) is 0 Å². The van der Waals surface area contributed by atoms with Crippen LogP contribution in [0.25, 0.3) is 0 Å². The number of primary amides is 1. The molecule has 1 fully saturated rings. The number of carbonyl (C=O) groups excluding carboxylic acids is 2. The highest BCUT2D eigenvalue weighted by atomic mass is 19.1. The second-order valence-corrected chi connectivity index (χ2v) is 6.13. The van der Waals surface area contributed by atoms with Gasteiger partial charge in [0, 0.05) is 11.6 Å². The highest BCUT2D eigenvalue weighted by Crippen LogP contribution is 2.39. The third kappa shape index (κ3) is 3.63. The molecule has 2 aromatic rings. The molecule has 3 rings (SSSR count). The van der Waals surface area contributed by atoms with Gasteiger partial charge >= 0.3 is 6.09 Å². The summed E-state index contributed by atoms with van der Waals surface area (Å²) in [6.07, 6.45) is 0.893. The van der Waals surface area contributed by atoms with Crippen LogP contribution in [0, 0.1) is 11.7 Å². The summed E-state index contributed by atoms with van der Waals surface area (Å²) in [6.45, 7) is 1.90. The molecule has 2 aromatic carbocycles. The van der Waals surface area contributed by atoms with E-state index in [-0.39, 0.29) is 23.4 Å². The third-order valence-corrected chi connectivity index (χ3v) is 4.36. The van der Waals surface area contributed by atoms with E-state index in [1.165, 1.54) is 23.1 Å². The van der Waals surface area contributed by atoms with Gasteiger partial charge in [-0.2, -0.15) is 0 Å². The summed E-state index contributed by atoms with van der Waals surface area (Å²) in [7, 11) is 0. The standard InChI is InChI=1S/C19H19FN2O3/c1-12(13-10-11-13)22(18(23)14-6-3-2-4-7-14)15-8-5-9-16(17(15)20)25-19(21)24/h2-9,12-13H,10-11H2,1H3,(H2,21,24). The highest BCUT2D eigenvalue weighted by Gasteiger charge is 2.37. The molecule has 1 saturated carbocycles. The first-order valence-corrected chi connectivity index (χ1v) is 8.13. The zero-order valence-electron chi connectivity index (χ0n) is 13.8. The zero-order valence-corrected chi connectivity index (χ0v) is 13.8. The number of hydrogen-bond acceptors (Lipinski definition) is 3. The normalized spacial score (nSPS) is 14.6. The Morgan fingerprint density at radius 3 is 2.44 bits per heavy atom. The maximum atomic E-state index is 14.9. The van der Waals surface area contributed by atoms with Crippen molar-refractivity contribution in [3.63, 3.8) is 0 Å². The number of hydrogen-bond donors (Lipinski definition) is 1. The molecule has 6 heteroatoms. The first-order valence-electron chi connectivity index (χ1n) is 8.13. The van der Waals surface area contributed by atoms with E-state index in [0.717, 1.165) is 12.8 Å². The van der Waals surface area contributed by atoms with Gasteiger partial charge in [-0.15, -0.1) is 0 Å². The number of amides is 2. The maximum Gasteiger partial charge on any atom is 0.410 e. The van der Waals surface area contributed by atoms with Crippen LogP contribution in [-0.4, -0.2) is 18.0 Å². The largest absolute Gasteiger partial charge is 0.410 e. The summed E-state index contributed by atoms with van der Waals surface area (Å²) < 4.78 is 19.6. The van der Waals surface area contributed by atoms with Gasteiger partial charge in [0.25, 0.3) is 5.91 Å². The number of benzene rings is 2. The Morgan fingerprint density at radius 2 is 1.84 bits per heavy atom. The molecule has 1 atom stereocenters. The molecule has 1 aliphatic carbocycles. The van der Waals surface area contributed by atoms with Crippen LogP contribution >= 0.6 is 0 Å². The topological polar surface area (TPSA) is 72.6 Å². The molecule has 0 heterocycles. The van der Waals surface area contributed by atoms with Crippen molar-refractivity contribution in [1.82, 2.24) is 0 Å². The van der Waals surface area contributed by atoms with Crippen LogP contribution in [0.4, 0.5) is 14.9 Å². The van der Waals surface area contributed by atoms with E-state index < -0.39 is 11.9 Å². The van der Waals surface area contributed by atoms with E-state index in [1.807, 2.05) is 13.0 Å². The summed E-state index contributed by atoms with van der Waals surface area (Å²) in [4.78, 5) is 25.4. The van der Waals surface area contributed by atoms with Gasteiger partial charge in [0.15, 0.2) is 11.6 Å². The minimum Gasteiger partial charge on any atom is -0.407 e. The number of ether oxygens (including phenoxy) is 1. The number of anilines is 1. The van der Waals surface area contributed by atoms with Crippen LogP contribution in [0.3, 0.4) is 0 Å². The number of nitrogens with two attached hydrogens (primary N) is 1. The lowest BCUT2D eigenvalue weighted by molar-refractivity contribution is 0.0974. The van der Waals surface area contributed by atoms with Crippen molar-refractivity contribution in [2.45, 2.75) is 25.8 Å². The number of halogens is 1. The lowest BCUT2D eigenvalue weighted by Gasteiger charge is -2.30. The lowest BCUT2D eigenvalue weighted by atomic mass is 10.1. The molecule has 0 bridgehead atoms. The third-order valence-electron chi connectivity index (χ3n) is 4.36. The summed E-state index contributed by atoms with van der Waals surface area (Å²) in [6, 6.07) is 12.9. The van der Waals surface area contributed by atoms with Crippen LogP contribution in [0.1, 0.15) is 30.1 Å². The smallest absolute Gasteiger partial charge is 0.407 e. The van der Waals surface area contributed by atoms with Gasteiger partial charge < -0.3 is 15.4 Å². The minimum atomic E-state index is -1.10. The van der Waals surface area contributed by atoms with Crippen LogP contribution in [0.2, 0.25) is 0 Å². The van der Waals surface area contributed by atoms with E-state index in [1.54, 1.807) is 24.3 Å².